The Labute approximate surface area is 150 Å². The largest absolute Gasteiger partial charge is 0.285 e. The molecule has 128 valence electrons. The molecule has 0 fully saturated rings. The number of hydroxylamine groups is 2. The summed E-state index contributed by atoms with van der Waals surface area (Å²) in [5.74, 6) is -0.450. The fraction of sp³-hybridized carbons (Fsp3) is 0.0476. The van der Waals surface area contributed by atoms with Crippen LogP contribution in [0.1, 0.15) is 15.9 Å². The maximum absolute atomic E-state index is 12.4. The predicted octanol–water partition coefficient (Wildman–Crippen LogP) is 4.26. The number of rotatable bonds is 4. The maximum atomic E-state index is 12.4. The topological polar surface area (TPSA) is 69.2 Å². The number of fused-ring (bicyclic) bond motifs is 1. The van der Waals surface area contributed by atoms with Crippen molar-refractivity contribution in [1.82, 2.24) is 15.3 Å². The van der Waals surface area contributed by atoms with Crippen LogP contribution in [0.25, 0.3) is 22.0 Å². The second-order valence-corrected chi connectivity index (χ2v) is 6.10. The lowest BCUT2D eigenvalue weighted by Crippen LogP contribution is -2.26. The van der Waals surface area contributed by atoms with Gasteiger partial charge in [-0.2, -0.15) is 5.10 Å². The molecule has 4 aromatic rings. The zero-order valence-electron chi connectivity index (χ0n) is 14.0. The number of benzene rings is 3. The van der Waals surface area contributed by atoms with Gasteiger partial charge in [0.15, 0.2) is 0 Å². The van der Waals surface area contributed by atoms with Crippen LogP contribution in [0.2, 0.25) is 0 Å². The Balaban J connectivity index is 1.48. The van der Waals surface area contributed by atoms with Crippen molar-refractivity contribution >= 4 is 16.8 Å². The maximum Gasteiger partial charge on any atom is 0.277 e. The van der Waals surface area contributed by atoms with Crippen LogP contribution in [-0.2, 0) is 6.54 Å². The van der Waals surface area contributed by atoms with E-state index in [1.807, 2.05) is 54.6 Å². The molecule has 0 bridgehead atoms. The van der Waals surface area contributed by atoms with E-state index in [9.17, 15) is 10.0 Å². The molecule has 1 amide bonds. The van der Waals surface area contributed by atoms with Crippen molar-refractivity contribution in [3.05, 3.63) is 90.1 Å². The van der Waals surface area contributed by atoms with E-state index in [0.717, 1.165) is 32.7 Å². The van der Waals surface area contributed by atoms with Gasteiger partial charge in [0.2, 0.25) is 0 Å². The molecule has 2 N–H and O–H groups in total. The number of hydrogen-bond acceptors (Lipinski definition) is 3. The van der Waals surface area contributed by atoms with Crippen LogP contribution in [0.5, 0.6) is 0 Å². The monoisotopic (exact) mass is 343 g/mol. The Morgan fingerprint density at radius 3 is 2.46 bits per heavy atom. The zero-order valence-corrected chi connectivity index (χ0v) is 14.0. The second-order valence-electron chi connectivity index (χ2n) is 6.10. The van der Waals surface area contributed by atoms with Gasteiger partial charge in [0, 0.05) is 10.9 Å². The summed E-state index contributed by atoms with van der Waals surface area (Å²) in [5, 5.41) is 18.6. The lowest BCUT2D eigenvalue weighted by Gasteiger charge is -2.15. The lowest BCUT2D eigenvalue weighted by atomic mass is 10.0. The van der Waals surface area contributed by atoms with Gasteiger partial charge in [0.1, 0.15) is 0 Å². The number of aromatic amines is 1. The van der Waals surface area contributed by atoms with Crippen molar-refractivity contribution in [2.24, 2.45) is 0 Å². The minimum Gasteiger partial charge on any atom is -0.285 e. The Bertz CT molecular complexity index is 1040. The molecule has 0 aliphatic rings. The Morgan fingerprint density at radius 1 is 0.962 bits per heavy atom. The molecule has 0 aliphatic heterocycles. The standard InChI is InChI=1S/C21H17N3O2/c25-21(18-10-11-19-13-22-23-20(19)12-18)24(26)14-15-6-8-17(9-7-15)16-4-2-1-3-5-16/h1-13,26H,14H2,(H,22,23). The van der Waals surface area contributed by atoms with Gasteiger partial charge >= 0.3 is 0 Å². The first-order chi connectivity index (χ1) is 12.7. The molecular formula is C21H17N3O2. The summed E-state index contributed by atoms with van der Waals surface area (Å²) in [6, 6.07) is 23.0. The summed E-state index contributed by atoms with van der Waals surface area (Å²) < 4.78 is 0. The van der Waals surface area contributed by atoms with Crippen molar-refractivity contribution in [2.75, 3.05) is 0 Å². The van der Waals surface area contributed by atoms with E-state index < -0.39 is 5.91 Å². The van der Waals surface area contributed by atoms with E-state index in [4.69, 9.17) is 0 Å². The van der Waals surface area contributed by atoms with Crippen LogP contribution in [0.15, 0.2) is 79.0 Å². The third kappa shape index (κ3) is 3.20. The lowest BCUT2D eigenvalue weighted by molar-refractivity contribution is -0.0648. The van der Waals surface area contributed by atoms with Gasteiger partial charge in [0.05, 0.1) is 18.3 Å². The quantitative estimate of drug-likeness (QED) is 0.430. The first-order valence-electron chi connectivity index (χ1n) is 8.29. The average molecular weight is 343 g/mol. The number of carbonyl (C=O) groups is 1. The fourth-order valence-electron chi connectivity index (χ4n) is 2.90. The third-order valence-corrected chi connectivity index (χ3v) is 4.32. The highest BCUT2D eigenvalue weighted by atomic mass is 16.5. The van der Waals surface area contributed by atoms with E-state index in [1.165, 1.54) is 0 Å². The Hall–Kier alpha value is -3.44. The van der Waals surface area contributed by atoms with Crippen molar-refractivity contribution < 1.29 is 10.0 Å². The number of aromatic nitrogens is 2. The van der Waals surface area contributed by atoms with Gasteiger partial charge in [-0.25, -0.2) is 5.06 Å². The van der Waals surface area contributed by atoms with Crippen LogP contribution in [0.3, 0.4) is 0 Å². The molecule has 5 nitrogen and oxygen atoms in total. The summed E-state index contributed by atoms with van der Waals surface area (Å²) in [6.45, 7) is 0.120. The molecule has 0 atom stereocenters. The molecule has 3 aromatic carbocycles. The minimum absolute atomic E-state index is 0.120. The molecule has 0 aliphatic carbocycles. The van der Waals surface area contributed by atoms with E-state index in [0.29, 0.717) is 5.56 Å². The van der Waals surface area contributed by atoms with E-state index in [2.05, 4.69) is 10.2 Å². The highest BCUT2D eigenvalue weighted by Crippen LogP contribution is 2.20. The molecule has 0 saturated heterocycles. The van der Waals surface area contributed by atoms with Crippen molar-refractivity contribution in [3.8, 4) is 11.1 Å². The molecule has 0 unspecified atom stereocenters. The minimum atomic E-state index is -0.450. The van der Waals surface area contributed by atoms with Crippen molar-refractivity contribution in [1.29, 1.82) is 0 Å². The smallest absolute Gasteiger partial charge is 0.277 e. The van der Waals surface area contributed by atoms with Gasteiger partial charge in [-0.05, 0) is 28.8 Å². The zero-order chi connectivity index (χ0) is 17.9. The van der Waals surface area contributed by atoms with E-state index in [-0.39, 0.29) is 6.54 Å². The van der Waals surface area contributed by atoms with Crippen LogP contribution in [0.4, 0.5) is 0 Å². The van der Waals surface area contributed by atoms with Gasteiger partial charge in [-0.15, -0.1) is 0 Å². The highest BCUT2D eigenvalue weighted by Gasteiger charge is 2.15. The summed E-state index contributed by atoms with van der Waals surface area (Å²) in [4.78, 5) is 12.4. The third-order valence-electron chi connectivity index (χ3n) is 4.32. The van der Waals surface area contributed by atoms with Gasteiger partial charge in [-0.3, -0.25) is 15.1 Å². The Morgan fingerprint density at radius 2 is 1.69 bits per heavy atom. The molecule has 1 aromatic heterocycles. The number of nitrogens with zero attached hydrogens (tertiary/aromatic N) is 2. The molecule has 26 heavy (non-hydrogen) atoms. The predicted molar refractivity (Wildman–Crippen MR) is 99.6 cm³/mol. The average Bonchev–Trinajstić information content (AvgIpc) is 3.16. The van der Waals surface area contributed by atoms with Crippen LogP contribution < -0.4 is 0 Å². The second kappa shape index (κ2) is 6.82. The first kappa shape index (κ1) is 16.1. The molecule has 0 radical (unpaired) electrons. The summed E-state index contributed by atoms with van der Waals surface area (Å²) in [6.07, 6.45) is 1.69. The van der Waals surface area contributed by atoms with E-state index in [1.54, 1.807) is 24.4 Å². The SMILES string of the molecule is O=C(c1ccc2cn[nH]c2c1)N(O)Cc1ccc(-c2ccccc2)cc1. The van der Waals surface area contributed by atoms with Crippen LogP contribution in [0, 0.1) is 0 Å². The normalized spacial score (nSPS) is 10.8. The van der Waals surface area contributed by atoms with Crippen LogP contribution >= 0.6 is 0 Å². The first-order valence-corrected chi connectivity index (χ1v) is 8.29. The van der Waals surface area contributed by atoms with Crippen LogP contribution in [-0.4, -0.2) is 26.4 Å². The Kier molecular flexibility index (Phi) is 4.21. The molecule has 4 rings (SSSR count). The summed E-state index contributed by atoms with van der Waals surface area (Å²) >= 11 is 0. The summed E-state index contributed by atoms with van der Waals surface area (Å²) in [7, 11) is 0. The highest BCUT2D eigenvalue weighted by molar-refractivity contribution is 5.97. The molecular weight excluding hydrogens is 326 g/mol. The van der Waals surface area contributed by atoms with Crippen molar-refractivity contribution in [3.63, 3.8) is 0 Å². The number of hydrogen-bond donors (Lipinski definition) is 2. The van der Waals surface area contributed by atoms with Crippen molar-refractivity contribution in [2.45, 2.75) is 6.54 Å². The van der Waals surface area contributed by atoms with Gasteiger partial charge < -0.3 is 0 Å². The van der Waals surface area contributed by atoms with Gasteiger partial charge in [0.25, 0.3) is 5.91 Å². The molecule has 1 heterocycles. The fourth-order valence-corrected chi connectivity index (χ4v) is 2.90. The molecule has 0 saturated carbocycles. The number of H-pyrrole nitrogens is 1. The molecule has 0 spiro atoms. The number of amides is 1. The number of carbonyl (C=O) groups excluding carboxylic acids is 1. The van der Waals surface area contributed by atoms with E-state index >= 15 is 0 Å². The number of nitrogens with one attached hydrogen (secondary N) is 1. The summed E-state index contributed by atoms with van der Waals surface area (Å²) in [5.41, 5.74) is 4.24. The molecule has 5 heteroatoms. The van der Waals surface area contributed by atoms with Gasteiger partial charge in [-0.1, -0.05) is 60.7 Å².